The second-order valence-electron chi connectivity index (χ2n) is 4.94. The Kier molecular flexibility index (Phi) is 3.23. The van der Waals surface area contributed by atoms with Crippen LogP contribution in [0.5, 0.6) is 0 Å². The summed E-state index contributed by atoms with van der Waals surface area (Å²) in [4.78, 5) is 2.40. The van der Waals surface area contributed by atoms with E-state index < -0.39 is 10.0 Å². The average molecular weight is 292 g/mol. The van der Waals surface area contributed by atoms with Gasteiger partial charge in [0.1, 0.15) is 0 Å². The van der Waals surface area contributed by atoms with E-state index in [0.717, 1.165) is 30.8 Å². The molecule has 2 aromatic rings. The Morgan fingerprint density at radius 3 is 2.80 bits per heavy atom. The minimum absolute atomic E-state index is 0.240. The minimum atomic E-state index is -3.58. The number of aromatic amines is 1. The van der Waals surface area contributed by atoms with Crippen molar-refractivity contribution in [3.8, 4) is 0 Å². The highest BCUT2D eigenvalue weighted by Crippen LogP contribution is 2.24. The first-order valence-electron chi connectivity index (χ1n) is 6.39. The van der Waals surface area contributed by atoms with Crippen molar-refractivity contribution >= 4 is 15.8 Å². The van der Waals surface area contributed by atoms with Crippen LogP contribution in [0.2, 0.25) is 0 Å². The predicted molar refractivity (Wildman–Crippen MR) is 75.9 cm³/mol. The van der Waals surface area contributed by atoms with Crippen molar-refractivity contribution in [2.24, 2.45) is 0 Å². The van der Waals surface area contributed by atoms with Crippen LogP contribution in [-0.2, 0) is 23.0 Å². The third kappa shape index (κ3) is 2.41. The molecule has 20 heavy (non-hydrogen) atoms. The van der Waals surface area contributed by atoms with Crippen LogP contribution in [0.3, 0.4) is 0 Å². The van der Waals surface area contributed by atoms with Gasteiger partial charge in [-0.2, -0.15) is 5.10 Å². The molecular weight excluding hydrogens is 276 g/mol. The van der Waals surface area contributed by atoms with Gasteiger partial charge in [-0.3, -0.25) is 9.82 Å². The quantitative estimate of drug-likeness (QED) is 0.891. The molecule has 0 unspecified atom stereocenters. The maximum Gasteiger partial charge on any atom is 0.263 e. The molecule has 0 atom stereocenters. The number of sulfonamides is 1. The van der Waals surface area contributed by atoms with Crippen molar-refractivity contribution in [3.63, 3.8) is 0 Å². The van der Waals surface area contributed by atoms with Crippen molar-refractivity contribution in [1.29, 1.82) is 0 Å². The molecule has 1 aromatic heterocycles. The van der Waals surface area contributed by atoms with Crippen LogP contribution >= 0.6 is 0 Å². The average Bonchev–Trinajstić information content (AvgIpc) is 2.81. The third-order valence-electron chi connectivity index (χ3n) is 3.41. The van der Waals surface area contributed by atoms with Gasteiger partial charge in [0, 0.05) is 18.7 Å². The number of fused-ring (bicyclic) bond motifs is 1. The summed E-state index contributed by atoms with van der Waals surface area (Å²) in [6.45, 7) is 1.65. The van der Waals surface area contributed by atoms with Gasteiger partial charge in [0.2, 0.25) is 0 Å². The molecule has 0 amide bonds. The van der Waals surface area contributed by atoms with E-state index in [1.54, 1.807) is 30.3 Å². The largest absolute Gasteiger partial charge is 0.300 e. The van der Waals surface area contributed by atoms with Crippen molar-refractivity contribution in [3.05, 3.63) is 41.6 Å². The number of H-pyrrole nitrogens is 1. The number of hydrogen-bond acceptors (Lipinski definition) is 4. The topological polar surface area (TPSA) is 78.1 Å². The molecule has 1 aliphatic rings. The molecular formula is C13H16N4O2S. The number of nitrogens with one attached hydrogen (secondary N) is 2. The molecule has 1 aliphatic heterocycles. The molecule has 0 radical (unpaired) electrons. The summed E-state index contributed by atoms with van der Waals surface area (Å²) < 4.78 is 27.1. The number of nitrogens with zero attached hydrogens (tertiary/aromatic N) is 2. The maximum atomic E-state index is 12.3. The van der Waals surface area contributed by atoms with Gasteiger partial charge in [-0.25, -0.2) is 8.42 Å². The Morgan fingerprint density at radius 2 is 2.05 bits per heavy atom. The Labute approximate surface area is 117 Å². The van der Waals surface area contributed by atoms with E-state index in [1.807, 2.05) is 7.05 Å². The monoisotopic (exact) mass is 292 g/mol. The zero-order valence-electron chi connectivity index (χ0n) is 11.1. The Morgan fingerprint density at radius 1 is 1.30 bits per heavy atom. The van der Waals surface area contributed by atoms with Crippen molar-refractivity contribution in [2.45, 2.75) is 17.9 Å². The first-order valence-corrected chi connectivity index (χ1v) is 7.87. The van der Waals surface area contributed by atoms with E-state index in [2.05, 4.69) is 19.8 Å². The summed E-state index contributed by atoms with van der Waals surface area (Å²) in [6, 6.07) is 8.31. The summed E-state index contributed by atoms with van der Waals surface area (Å²) in [6.07, 6.45) is 0.787. The fourth-order valence-electron chi connectivity index (χ4n) is 2.32. The van der Waals surface area contributed by atoms with E-state index in [-0.39, 0.29) is 4.90 Å². The van der Waals surface area contributed by atoms with Gasteiger partial charge in [0.25, 0.3) is 10.0 Å². The normalized spacial score (nSPS) is 15.8. The number of likely N-dealkylation sites (N-methyl/N-ethyl adjacent to an activating group) is 1. The van der Waals surface area contributed by atoms with Crippen LogP contribution in [0, 0.1) is 0 Å². The minimum Gasteiger partial charge on any atom is -0.300 e. The summed E-state index contributed by atoms with van der Waals surface area (Å²) in [7, 11) is -1.55. The Bertz CT molecular complexity index is 709. The molecule has 7 heteroatoms. The molecule has 1 aromatic carbocycles. The molecule has 106 valence electrons. The molecule has 0 spiro atoms. The SMILES string of the molecule is CN1CCc2c(NS(=O)(=O)c3ccccc3)n[nH]c2C1. The molecule has 2 N–H and O–H groups in total. The Balaban J connectivity index is 1.89. The summed E-state index contributed by atoms with van der Waals surface area (Å²) in [5.74, 6) is 0.414. The lowest BCUT2D eigenvalue weighted by atomic mass is 10.1. The van der Waals surface area contributed by atoms with Crippen molar-refractivity contribution in [1.82, 2.24) is 15.1 Å². The molecule has 3 rings (SSSR count). The number of rotatable bonds is 3. The lowest BCUT2D eigenvalue weighted by Gasteiger charge is -2.21. The molecule has 2 heterocycles. The van der Waals surface area contributed by atoms with E-state index in [9.17, 15) is 8.42 Å². The molecule has 0 fully saturated rings. The number of aromatic nitrogens is 2. The standard InChI is InChI=1S/C13H16N4O2S/c1-17-8-7-11-12(9-17)14-15-13(11)16-20(18,19)10-5-3-2-4-6-10/h2-6H,7-9H2,1H3,(H2,14,15,16). The van der Waals surface area contributed by atoms with E-state index in [1.165, 1.54) is 0 Å². The molecule has 6 nitrogen and oxygen atoms in total. The van der Waals surface area contributed by atoms with Crippen LogP contribution in [0.1, 0.15) is 11.3 Å². The highest BCUT2D eigenvalue weighted by Gasteiger charge is 2.23. The highest BCUT2D eigenvalue weighted by atomic mass is 32.2. The predicted octanol–water partition coefficient (Wildman–Crippen LogP) is 1.20. The van der Waals surface area contributed by atoms with Gasteiger partial charge >= 0.3 is 0 Å². The fraction of sp³-hybridized carbons (Fsp3) is 0.308. The maximum absolute atomic E-state index is 12.3. The smallest absolute Gasteiger partial charge is 0.263 e. The summed E-state index contributed by atoms with van der Waals surface area (Å²) in [5.41, 5.74) is 1.94. The zero-order chi connectivity index (χ0) is 14.2. The molecule has 0 bridgehead atoms. The zero-order valence-corrected chi connectivity index (χ0v) is 11.9. The third-order valence-corrected chi connectivity index (χ3v) is 4.76. The lowest BCUT2D eigenvalue weighted by molar-refractivity contribution is 0.309. The second-order valence-corrected chi connectivity index (χ2v) is 6.62. The van der Waals surface area contributed by atoms with Crippen LogP contribution < -0.4 is 4.72 Å². The number of anilines is 1. The van der Waals surface area contributed by atoms with Gasteiger partial charge < -0.3 is 4.90 Å². The fourth-order valence-corrected chi connectivity index (χ4v) is 3.38. The first kappa shape index (κ1) is 13.1. The molecule has 0 saturated heterocycles. The van der Waals surface area contributed by atoms with Gasteiger partial charge in [-0.05, 0) is 25.6 Å². The van der Waals surface area contributed by atoms with Gasteiger partial charge in [0.15, 0.2) is 5.82 Å². The van der Waals surface area contributed by atoms with E-state index in [4.69, 9.17) is 0 Å². The number of hydrogen-bond donors (Lipinski definition) is 2. The second kappa shape index (κ2) is 4.92. The van der Waals surface area contributed by atoms with Crippen LogP contribution in [0.15, 0.2) is 35.2 Å². The number of benzene rings is 1. The van der Waals surface area contributed by atoms with Crippen molar-refractivity contribution < 1.29 is 8.42 Å². The van der Waals surface area contributed by atoms with Crippen molar-refractivity contribution in [2.75, 3.05) is 18.3 Å². The highest BCUT2D eigenvalue weighted by molar-refractivity contribution is 7.92. The van der Waals surface area contributed by atoms with Crippen LogP contribution in [0.25, 0.3) is 0 Å². The Hall–Kier alpha value is -1.86. The summed E-state index contributed by atoms with van der Waals surface area (Å²) >= 11 is 0. The van der Waals surface area contributed by atoms with Crippen LogP contribution in [-0.4, -0.2) is 37.1 Å². The summed E-state index contributed by atoms with van der Waals surface area (Å²) in [5, 5.41) is 7.01. The molecule has 0 saturated carbocycles. The van der Waals surface area contributed by atoms with Gasteiger partial charge in [-0.1, -0.05) is 18.2 Å². The first-order chi connectivity index (χ1) is 9.56. The lowest BCUT2D eigenvalue weighted by Crippen LogP contribution is -2.26. The van der Waals surface area contributed by atoms with Crippen LogP contribution in [0.4, 0.5) is 5.82 Å². The molecule has 0 aliphatic carbocycles. The van der Waals surface area contributed by atoms with Gasteiger partial charge in [0.05, 0.1) is 10.6 Å². The van der Waals surface area contributed by atoms with Gasteiger partial charge in [-0.15, -0.1) is 0 Å². The van der Waals surface area contributed by atoms with E-state index >= 15 is 0 Å². The van der Waals surface area contributed by atoms with E-state index in [0.29, 0.717) is 5.82 Å².